The number of furan rings is 2. The molecule has 3 heterocycles. The van der Waals surface area contributed by atoms with Crippen molar-refractivity contribution in [1.29, 1.82) is 0 Å². The van der Waals surface area contributed by atoms with Gasteiger partial charge in [0.15, 0.2) is 5.60 Å². The van der Waals surface area contributed by atoms with Gasteiger partial charge in [-0.15, -0.1) is 0 Å². The molecule has 186 valence electrons. The number of carbonyl (C=O) groups excluding carboxylic acids is 3. The van der Waals surface area contributed by atoms with Crippen molar-refractivity contribution in [2.75, 3.05) is 0 Å². The predicted octanol–water partition coefficient (Wildman–Crippen LogP) is 5.77. The molecule has 8 heteroatoms. The van der Waals surface area contributed by atoms with Crippen molar-refractivity contribution in [1.82, 2.24) is 0 Å². The van der Waals surface area contributed by atoms with Gasteiger partial charge in [-0.25, -0.2) is 14.4 Å². The highest BCUT2D eigenvalue weighted by Gasteiger charge is 2.48. The summed E-state index contributed by atoms with van der Waals surface area (Å²) >= 11 is 0. The molecular formula is C30H18O8. The fraction of sp³-hybridized carbons (Fsp3) is 0.0333. The van der Waals surface area contributed by atoms with Crippen LogP contribution in [0.25, 0.3) is 0 Å². The van der Waals surface area contributed by atoms with E-state index in [9.17, 15) is 14.4 Å². The van der Waals surface area contributed by atoms with Crippen LogP contribution in [-0.2, 0) is 10.3 Å². The Bertz CT molecular complexity index is 1520. The molecule has 38 heavy (non-hydrogen) atoms. The Morgan fingerprint density at radius 2 is 1.11 bits per heavy atom. The number of hydrogen-bond acceptors (Lipinski definition) is 8. The van der Waals surface area contributed by atoms with Gasteiger partial charge in [0.25, 0.3) is 0 Å². The molecule has 0 atom stereocenters. The standard InChI is InChI=1S/C30H18O8/c31-27-23-5-1-2-6-24(23)30(38-27,19-9-13-21(14-10-19)36-28(32)25-7-3-17-34-25)20-11-15-22(16-12-20)37-29(33)26-8-4-18-35-26/h1-18H. The molecule has 0 bridgehead atoms. The van der Waals surface area contributed by atoms with Crippen LogP contribution >= 0.6 is 0 Å². The molecule has 0 saturated carbocycles. The maximum Gasteiger partial charge on any atom is 0.379 e. The summed E-state index contributed by atoms with van der Waals surface area (Å²) in [6.07, 6.45) is 2.77. The molecule has 0 N–H and O–H groups in total. The molecule has 0 fully saturated rings. The quantitative estimate of drug-likeness (QED) is 0.211. The summed E-state index contributed by atoms with van der Waals surface area (Å²) in [6, 6.07) is 26.7. The van der Waals surface area contributed by atoms with E-state index < -0.39 is 23.5 Å². The first-order valence-corrected chi connectivity index (χ1v) is 11.6. The third-order valence-corrected chi connectivity index (χ3v) is 6.16. The van der Waals surface area contributed by atoms with Crippen LogP contribution in [-0.4, -0.2) is 17.9 Å². The number of fused-ring (bicyclic) bond motifs is 1. The number of benzene rings is 3. The van der Waals surface area contributed by atoms with Crippen molar-refractivity contribution in [3.63, 3.8) is 0 Å². The van der Waals surface area contributed by atoms with Gasteiger partial charge in [-0.2, -0.15) is 0 Å². The van der Waals surface area contributed by atoms with Crippen LogP contribution < -0.4 is 9.47 Å². The minimum Gasteiger partial charge on any atom is -0.457 e. The summed E-state index contributed by atoms with van der Waals surface area (Å²) in [4.78, 5) is 37.5. The molecule has 8 nitrogen and oxygen atoms in total. The van der Waals surface area contributed by atoms with Crippen molar-refractivity contribution < 1.29 is 37.4 Å². The first kappa shape index (κ1) is 23.1. The highest BCUT2D eigenvalue weighted by molar-refractivity contribution is 5.96. The highest BCUT2D eigenvalue weighted by atomic mass is 16.6. The molecule has 0 aliphatic carbocycles. The van der Waals surface area contributed by atoms with Crippen molar-refractivity contribution in [2.24, 2.45) is 0 Å². The van der Waals surface area contributed by atoms with Gasteiger partial charge < -0.3 is 23.0 Å². The number of cyclic esters (lactones) is 1. The molecular weight excluding hydrogens is 488 g/mol. The summed E-state index contributed by atoms with van der Waals surface area (Å²) < 4.78 is 27.0. The van der Waals surface area contributed by atoms with Gasteiger partial charge in [0, 0.05) is 16.7 Å². The Morgan fingerprint density at radius 3 is 1.58 bits per heavy atom. The maximum absolute atomic E-state index is 12.9. The van der Waals surface area contributed by atoms with E-state index in [2.05, 4.69) is 0 Å². The Balaban J connectivity index is 1.35. The maximum atomic E-state index is 12.9. The Labute approximate surface area is 216 Å². The summed E-state index contributed by atoms with van der Waals surface area (Å²) in [7, 11) is 0. The molecule has 0 spiro atoms. The zero-order valence-electron chi connectivity index (χ0n) is 19.7. The van der Waals surface area contributed by atoms with E-state index in [4.69, 9.17) is 23.0 Å². The van der Waals surface area contributed by atoms with Crippen LogP contribution in [0.15, 0.2) is 118 Å². The third kappa shape index (κ3) is 3.94. The van der Waals surface area contributed by atoms with E-state index in [-0.39, 0.29) is 11.5 Å². The fourth-order valence-corrected chi connectivity index (χ4v) is 4.43. The Morgan fingerprint density at radius 1 is 0.605 bits per heavy atom. The van der Waals surface area contributed by atoms with Crippen LogP contribution in [0.2, 0.25) is 0 Å². The van der Waals surface area contributed by atoms with Gasteiger partial charge in [0.05, 0.1) is 18.1 Å². The molecule has 2 aromatic heterocycles. The van der Waals surface area contributed by atoms with Crippen molar-refractivity contribution in [3.05, 3.63) is 143 Å². The molecule has 1 aliphatic rings. The Kier molecular flexibility index (Phi) is 5.61. The van der Waals surface area contributed by atoms with Crippen LogP contribution in [0.1, 0.15) is 48.2 Å². The monoisotopic (exact) mass is 506 g/mol. The van der Waals surface area contributed by atoms with Crippen LogP contribution in [0, 0.1) is 0 Å². The summed E-state index contributed by atoms with van der Waals surface area (Å²) in [5.74, 6) is -0.980. The zero-order chi connectivity index (χ0) is 26.1. The van der Waals surface area contributed by atoms with Gasteiger partial charge in [0.2, 0.25) is 11.5 Å². The van der Waals surface area contributed by atoms with E-state index in [1.54, 1.807) is 72.8 Å². The molecule has 3 aromatic carbocycles. The van der Waals surface area contributed by atoms with Crippen molar-refractivity contribution in [2.45, 2.75) is 5.60 Å². The molecule has 6 rings (SSSR count). The molecule has 1 aliphatic heterocycles. The van der Waals surface area contributed by atoms with Crippen LogP contribution in [0.4, 0.5) is 0 Å². The summed E-state index contributed by atoms with van der Waals surface area (Å²) in [5, 5.41) is 0. The average molecular weight is 506 g/mol. The minimum atomic E-state index is -1.28. The average Bonchev–Trinajstić information content (AvgIpc) is 3.72. The second-order valence-corrected chi connectivity index (χ2v) is 8.40. The van der Waals surface area contributed by atoms with Gasteiger partial charge in [-0.1, -0.05) is 42.5 Å². The lowest BCUT2D eigenvalue weighted by atomic mass is 9.80. The lowest BCUT2D eigenvalue weighted by molar-refractivity contribution is 0.0251. The normalized spacial score (nSPS) is 13.4. The second kappa shape index (κ2) is 9.25. The topological polar surface area (TPSA) is 105 Å². The molecule has 0 amide bonds. The number of esters is 3. The number of carbonyl (C=O) groups is 3. The van der Waals surface area contributed by atoms with Gasteiger partial charge in [0.1, 0.15) is 11.5 Å². The molecule has 0 unspecified atom stereocenters. The van der Waals surface area contributed by atoms with Crippen LogP contribution in [0.3, 0.4) is 0 Å². The highest BCUT2D eigenvalue weighted by Crippen LogP contribution is 2.47. The van der Waals surface area contributed by atoms with E-state index >= 15 is 0 Å². The molecule has 0 radical (unpaired) electrons. The second-order valence-electron chi connectivity index (χ2n) is 8.40. The van der Waals surface area contributed by atoms with E-state index in [1.807, 2.05) is 12.1 Å². The first-order chi connectivity index (χ1) is 18.5. The van der Waals surface area contributed by atoms with E-state index in [0.717, 1.165) is 0 Å². The van der Waals surface area contributed by atoms with Gasteiger partial charge in [-0.3, -0.25) is 0 Å². The Hall–Kier alpha value is -5.37. The lowest BCUT2D eigenvalue weighted by Gasteiger charge is -2.30. The predicted molar refractivity (Wildman–Crippen MR) is 132 cm³/mol. The molecule has 5 aromatic rings. The van der Waals surface area contributed by atoms with Gasteiger partial charge >= 0.3 is 17.9 Å². The minimum absolute atomic E-state index is 0.0806. The third-order valence-electron chi connectivity index (χ3n) is 6.16. The molecule has 0 saturated heterocycles. The lowest BCUT2D eigenvalue weighted by Crippen LogP contribution is -2.29. The number of ether oxygens (including phenoxy) is 3. The number of rotatable bonds is 6. The van der Waals surface area contributed by atoms with Crippen molar-refractivity contribution in [3.8, 4) is 11.5 Å². The fourth-order valence-electron chi connectivity index (χ4n) is 4.43. The van der Waals surface area contributed by atoms with Crippen LogP contribution in [0.5, 0.6) is 11.5 Å². The smallest absolute Gasteiger partial charge is 0.379 e. The summed E-state index contributed by atoms with van der Waals surface area (Å²) in [6.45, 7) is 0. The van der Waals surface area contributed by atoms with E-state index in [1.165, 1.54) is 24.7 Å². The zero-order valence-corrected chi connectivity index (χ0v) is 19.7. The van der Waals surface area contributed by atoms with Crippen molar-refractivity contribution >= 4 is 17.9 Å². The SMILES string of the molecule is O=C(Oc1ccc(C2(c3ccc(OC(=O)c4ccco4)cc3)OC(=O)c3ccccc32)cc1)c1ccco1. The summed E-state index contributed by atoms with van der Waals surface area (Å²) in [5.41, 5.74) is 1.09. The van der Waals surface area contributed by atoms with Gasteiger partial charge in [-0.05, 0) is 54.6 Å². The first-order valence-electron chi connectivity index (χ1n) is 11.6. The van der Waals surface area contributed by atoms with E-state index in [0.29, 0.717) is 33.8 Å². The largest absolute Gasteiger partial charge is 0.457 e. The number of hydrogen-bond donors (Lipinski definition) is 0.